The quantitative estimate of drug-likeness (QED) is 0.751. The molecule has 0 radical (unpaired) electrons. The number of rotatable bonds is 1. The molecule has 2 heterocycles. The topological polar surface area (TPSA) is 66.2 Å². The van der Waals surface area contributed by atoms with E-state index in [1.165, 1.54) is 6.20 Å². The van der Waals surface area contributed by atoms with Crippen molar-refractivity contribution < 1.29 is 10.0 Å². The van der Waals surface area contributed by atoms with E-state index >= 15 is 0 Å². The number of pyridine rings is 2. The Morgan fingerprint density at radius 2 is 1.62 bits per heavy atom. The lowest BCUT2D eigenvalue weighted by atomic mass is 9.82. The van der Waals surface area contributed by atoms with Crippen molar-refractivity contribution in [2.75, 3.05) is 0 Å². The molecule has 82 valence electrons. The van der Waals surface area contributed by atoms with Crippen LogP contribution in [0.25, 0.3) is 0 Å². The Morgan fingerprint density at radius 3 is 1.88 bits per heavy atom. The largest absolute Gasteiger partial charge is 0.490 e. The first-order chi connectivity index (χ1) is 7.70. The Morgan fingerprint density at radius 1 is 1.00 bits per heavy atom. The van der Waals surface area contributed by atoms with Gasteiger partial charge in [-0.2, -0.15) is 0 Å². The minimum atomic E-state index is -1.40. The highest BCUT2D eigenvalue weighted by molar-refractivity contribution is 9.10. The van der Waals surface area contributed by atoms with Gasteiger partial charge in [-0.1, -0.05) is 6.07 Å². The first kappa shape index (κ1) is 12.8. The van der Waals surface area contributed by atoms with E-state index in [0.29, 0.717) is 5.46 Å². The van der Waals surface area contributed by atoms with Crippen LogP contribution in [0.4, 0.5) is 0 Å². The fourth-order valence-electron chi connectivity index (χ4n) is 0.871. The smallest absolute Gasteiger partial charge is 0.423 e. The standard InChI is InChI=1S/C5H6BNO2.C5H4BrN/c8-6(9)5-2-1-3-7-4-5;6-5-2-1-3-7-4-5/h1-4,8-9H;1-4H. The van der Waals surface area contributed by atoms with E-state index in [0.717, 1.165) is 4.47 Å². The SMILES string of the molecule is Brc1cccnc1.OB(O)c1cccnc1. The van der Waals surface area contributed by atoms with E-state index in [1.807, 2.05) is 12.1 Å². The van der Waals surface area contributed by atoms with Crippen LogP contribution in [0.3, 0.4) is 0 Å². The number of halogens is 1. The maximum atomic E-state index is 8.54. The highest BCUT2D eigenvalue weighted by atomic mass is 79.9. The molecule has 0 bridgehead atoms. The van der Waals surface area contributed by atoms with Crippen molar-refractivity contribution in [3.05, 3.63) is 53.5 Å². The van der Waals surface area contributed by atoms with E-state index < -0.39 is 7.12 Å². The molecule has 0 aliphatic heterocycles. The van der Waals surface area contributed by atoms with Crippen molar-refractivity contribution >= 4 is 28.5 Å². The van der Waals surface area contributed by atoms with Crippen molar-refractivity contribution in [1.82, 2.24) is 9.97 Å². The van der Waals surface area contributed by atoms with E-state index in [4.69, 9.17) is 10.0 Å². The lowest BCUT2D eigenvalue weighted by molar-refractivity contribution is 0.425. The predicted octanol–water partition coefficient (Wildman–Crippen LogP) is 0.605. The summed E-state index contributed by atoms with van der Waals surface area (Å²) >= 11 is 3.25. The molecule has 2 N–H and O–H groups in total. The molecule has 16 heavy (non-hydrogen) atoms. The maximum absolute atomic E-state index is 8.54. The van der Waals surface area contributed by atoms with Gasteiger partial charge in [-0.25, -0.2) is 0 Å². The molecule has 0 aromatic carbocycles. The van der Waals surface area contributed by atoms with Gasteiger partial charge in [-0.15, -0.1) is 0 Å². The molecule has 0 fully saturated rings. The second-order valence-electron chi connectivity index (χ2n) is 2.83. The number of nitrogens with zero attached hydrogens (tertiary/aromatic N) is 2. The number of hydrogen-bond acceptors (Lipinski definition) is 4. The van der Waals surface area contributed by atoms with Crippen molar-refractivity contribution in [3.63, 3.8) is 0 Å². The van der Waals surface area contributed by atoms with Gasteiger partial charge in [-0.05, 0) is 34.1 Å². The molecule has 2 aromatic rings. The van der Waals surface area contributed by atoms with Gasteiger partial charge in [-0.3, -0.25) is 9.97 Å². The van der Waals surface area contributed by atoms with E-state index in [-0.39, 0.29) is 0 Å². The Bertz CT molecular complexity index is 400. The molecule has 0 amide bonds. The molecular weight excluding hydrogens is 271 g/mol. The lowest BCUT2D eigenvalue weighted by Crippen LogP contribution is -2.29. The molecular formula is C10H10BBrN2O2. The Hall–Kier alpha value is -1.24. The molecule has 2 aromatic heterocycles. The van der Waals surface area contributed by atoms with Crippen LogP contribution in [-0.2, 0) is 0 Å². The van der Waals surface area contributed by atoms with Crippen LogP contribution >= 0.6 is 15.9 Å². The Kier molecular flexibility index (Phi) is 5.70. The summed E-state index contributed by atoms with van der Waals surface area (Å²) in [5.41, 5.74) is 0.414. The van der Waals surface area contributed by atoms with Gasteiger partial charge in [0.25, 0.3) is 0 Å². The monoisotopic (exact) mass is 280 g/mol. The van der Waals surface area contributed by atoms with Crippen LogP contribution in [0, 0.1) is 0 Å². The Balaban J connectivity index is 0.000000165. The van der Waals surface area contributed by atoms with Crippen molar-refractivity contribution in [3.8, 4) is 0 Å². The van der Waals surface area contributed by atoms with Gasteiger partial charge in [0.1, 0.15) is 0 Å². The third-order valence-corrected chi connectivity index (χ3v) is 2.08. The maximum Gasteiger partial charge on any atom is 0.490 e. The normalized spacial score (nSPS) is 8.94. The lowest BCUT2D eigenvalue weighted by Gasteiger charge is -1.93. The van der Waals surface area contributed by atoms with Crippen LogP contribution in [0.15, 0.2) is 53.5 Å². The fourth-order valence-corrected chi connectivity index (χ4v) is 1.14. The third-order valence-electron chi connectivity index (χ3n) is 1.61. The molecule has 0 aliphatic carbocycles. The van der Waals surface area contributed by atoms with Crippen LogP contribution in [0.5, 0.6) is 0 Å². The zero-order chi connectivity index (χ0) is 11.8. The summed E-state index contributed by atoms with van der Waals surface area (Å²) in [5, 5.41) is 17.1. The molecule has 4 nitrogen and oxygen atoms in total. The molecule has 0 spiro atoms. The zero-order valence-electron chi connectivity index (χ0n) is 8.36. The van der Waals surface area contributed by atoms with Gasteiger partial charge in [0.15, 0.2) is 0 Å². The van der Waals surface area contributed by atoms with Gasteiger partial charge < -0.3 is 10.0 Å². The summed E-state index contributed by atoms with van der Waals surface area (Å²) in [7, 11) is -1.40. The molecule has 0 saturated heterocycles. The molecule has 0 unspecified atom stereocenters. The summed E-state index contributed by atoms with van der Waals surface area (Å²) in [6.07, 6.45) is 6.47. The summed E-state index contributed by atoms with van der Waals surface area (Å²) in [6, 6.07) is 7.06. The van der Waals surface area contributed by atoms with Crippen LogP contribution < -0.4 is 5.46 Å². The van der Waals surface area contributed by atoms with E-state index in [9.17, 15) is 0 Å². The number of hydrogen-bond donors (Lipinski definition) is 2. The second-order valence-corrected chi connectivity index (χ2v) is 3.75. The van der Waals surface area contributed by atoms with Gasteiger partial charge in [0, 0.05) is 34.7 Å². The number of aromatic nitrogens is 2. The fraction of sp³-hybridized carbons (Fsp3) is 0. The van der Waals surface area contributed by atoms with E-state index in [2.05, 4.69) is 25.9 Å². The molecule has 0 aliphatic rings. The first-order valence-corrected chi connectivity index (χ1v) is 5.31. The second kappa shape index (κ2) is 7.11. The average molecular weight is 281 g/mol. The highest BCUT2D eigenvalue weighted by Gasteiger charge is 2.08. The van der Waals surface area contributed by atoms with Gasteiger partial charge in [0.2, 0.25) is 0 Å². The van der Waals surface area contributed by atoms with E-state index in [1.54, 1.807) is 30.7 Å². The molecule has 6 heteroatoms. The highest BCUT2D eigenvalue weighted by Crippen LogP contribution is 2.02. The van der Waals surface area contributed by atoms with Crippen molar-refractivity contribution in [2.24, 2.45) is 0 Å². The van der Waals surface area contributed by atoms with Crippen LogP contribution in [-0.4, -0.2) is 27.1 Å². The van der Waals surface area contributed by atoms with Crippen molar-refractivity contribution in [2.45, 2.75) is 0 Å². The summed E-state index contributed by atoms with van der Waals surface area (Å²) in [4.78, 5) is 7.52. The predicted molar refractivity (Wildman–Crippen MR) is 66.0 cm³/mol. The summed E-state index contributed by atoms with van der Waals surface area (Å²) < 4.78 is 1.02. The molecule has 0 saturated carbocycles. The Labute approximate surface area is 102 Å². The van der Waals surface area contributed by atoms with Gasteiger partial charge in [0.05, 0.1) is 0 Å². The minimum Gasteiger partial charge on any atom is -0.423 e. The van der Waals surface area contributed by atoms with Crippen LogP contribution in [0.2, 0.25) is 0 Å². The van der Waals surface area contributed by atoms with Crippen molar-refractivity contribution in [1.29, 1.82) is 0 Å². The average Bonchev–Trinajstić information content (AvgIpc) is 2.32. The summed E-state index contributed by atoms with van der Waals surface area (Å²) in [6.45, 7) is 0. The molecule has 0 atom stereocenters. The molecule has 2 rings (SSSR count). The first-order valence-electron chi connectivity index (χ1n) is 4.51. The third kappa shape index (κ3) is 5.02. The zero-order valence-corrected chi connectivity index (χ0v) is 9.95. The van der Waals surface area contributed by atoms with Crippen LogP contribution in [0.1, 0.15) is 0 Å². The van der Waals surface area contributed by atoms with Gasteiger partial charge >= 0.3 is 7.12 Å². The minimum absolute atomic E-state index is 0.414. The summed E-state index contributed by atoms with van der Waals surface area (Å²) in [5.74, 6) is 0.